The molecule has 2 aromatic carbocycles. The van der Waals surface area contributed by atoms with Gasteiger partial charge >= 0.3 is 10.2 Å². The number of para-hydroxylation sites is 1. The molecule has 1 amide bonds. The van der Waals surface area contributed by atoms with Gasteiger partial charge in [0.1, 0.15) is 11.9 Å². The zero-order chi connectivity index (χ0) is 26.1. The Hall–Kier alpha value is -3.04. The molecule has 2 aromatic rings. The second-order valence-electron chi connectivity index (χ2n) is 9.10. The predicted octanol–water partition coefficient (Wildman–Crippen LogP) is 4.01. The molecule has 2 atom stereocenters. The summed E-state index contributed by atoms with van der Waals surface area (Å²) in [5, 5.41) is 2.91. The van der Waals surface area contributed by atoms with E-state index in [0.717, 1.165) is 6.42 Å². The van der Waals surface area contributed by atoms with Crippen molar-refractivity contribution in [1.29, 1.82) is 0 Å². The van der Waals surface area contributed by atoms with Crippen molar-refractivity contribution in [2.24, 2.45) is 0 Å². The van der Waals surface area contributed by atoms with Crippen LogP contribution in [0, 0.1) is 0 Å². The van der Waals surface area contributed by atoms with Gasteiger partial charge in [-0.15, -0.1) is 0 Å². The van der Waals surface area contributed by atoms with Gasteiger partial charge in [-0.25, -0.2) is 4.31 Å². The summed E-state index contributed by atoms with van der Waals surface area (Å²) in [5.74, 6) is 0.559. The highest BCUT2D eigenvalue weighted by molar-refractivity contribution is 7.86. The maximum absolute atomic E-state index is 13.6. The molecule has 1 aliphatic heterocycles. The van der Waals surface area contributed by atoms with Crippen LogP contribution in [0.15, 0.2) is 67.0 Å². The molecular weight excluding hydrogens is 476 g/mol. The lowest BCUT2D eigenvalue weighted by molar-refractivity contribution is 0.0949. The molecule has 8 nitrogen and oxygen atoms in total. The van der Waals surface area contributed by atoms with Gasteiger partial charge in [0.2, 0.25) is 0 Å². The van der Waals surface area contributed by atoms with E-state index >= 15 is 0 Å². The summed E-state index contributed by atoms with van der Waals surface area (Å²) in [6.07, 6.45) is 5.14. The standard InChI is InChI=1S/C27H38N4O4S/c1-22(24-12-6-5-7-13-24)16-19-30(36(33,34)31-21-20-29(3)23(31)2)18-11-10-17-28-27(32)25-14-8-9-15-26(25)35-4/h5-9,12-15,20-23H,10-11,16-19H2,1-4H3,(H,28,32). The van der Waals surface area contributed by atoms with E-state index < -0.39 is 10.2 Å². The molecule has 2 unspecified atom stereocenters. The fourth-order valence-corrected chi connectivity index (χ4v) is 5.88. The molecule has 1 aliphatic rings. The van der Waals surface area contributed by atoms with Gasteiger partial charge in [0.25, 0.3) is 5.91 Å². The maximum Gasteiger partial charge on any atom is 0.305 e. The van der Waals surface area contributed by atoms with Gasteiger partial charge in [-0.05, 0) is 49.8 Å². The van der Waals surface area contributed by atoms with E-state index in [-0.39, 0.29) is 18.0 Å². The number of amides is 1. The molecule has 0 spiro atoms. The van der Waals surface area contributed by atoms with Gasteiger partial charge in [-0.1, -0.05) is 49.4 Å². The molecule has 0 aliphatic carbocycles. The SMILES string of the molecule is COc1ccccc1C(=O)NCCCCN(CCC(C)c1ccccc1)S(=O)(=O)N1C=CN(C)C1C. The fourth-order valence-electron chi connectivity index (χ4n) is 4.17. The number of methoxy groups -OCH3 is 1. The van der Waals surface area contributed by atoms with E-state index in [4.69, 9.17) is 4.74 Å². The number of nitrogens with zero attached hydrogens (tertiary/aromatic N) is 3. The summed E-state index contributed by atoms with van der Waals surface area (Å²) in [4.78, 5) is 14.4. The van der Waals surface area contributed by atoms with E-state index in [2.05, 4.69) is 24.4 Å². The van der Waals surface area contributed by atoms with E-state index in [1.807, 2.05) is 43.1 Å². The topological polar surface area (TPSA) is 82.2 Å². The van der Waals surface area contributed by atoms with E-state index in [0.29, 0.717) is 43.8 Å². The second kappa shape index (κ2) is 12.8. The third-order valence-electron chi connectivity index (χ3n) is 6.65. The van der Waals surface area contributed by atoms with Crippen molar-refractivity contribution in [3.05, 3.63) is 78.1 Å². The van der Waals surface area contributed by atoms with Crippen LogP contribution in [0.5, 0.6) is 5.75 Å². The first-order valence-corrected chi connectivity index (χ1v) is 13.8. The van der Waals surface area contributed by atoms with Crippen LogP contribution in [0.2, 0.25) is 0 Å². The number of unbranched alkanes of at least 4 members (excludes halogenated alkanes) is 1. The zero-order valence-corrected chi connectivity index (χ0v) is 22.4. The highest BCUT2D eigenvalue weighted by atomic mass is 32.2. The maximum atomic E-state index is 13.6. The molecule has 0 aromatic heterocycles. The van der Waals surface area contributed by atoms with Gasteiger partial charge < -0.3 is 15.0 Å². The number of carbonyl (C=O) groups is 1. The Labute approximate surface area is 215 Å². The molecule has 196 valence electrons. The summed E-state index contributed by atoms with van der Waals surface area (Å²) in [6, 6.07) is 17.2. The predicted molar refractivity (Wildman–Crippen MR) is 143 cm³/mol. The third kappa shape index (κ3) is 6.79. The van der Waals surface area contributed by atoms with Crippen molar-refractivity contribution in [1.82, 2.24) is 18.8 Å². The van der Waals surface area contributed by atoms with Gasteiger partial charge in [0.05, 0.1) is 12.7 Å². The van der Waals surface area contributed by atoms with Gasteiger partial charge in [0, 0.05) is 39.1 Å². The lowest BCUT2D eigenvalue weighted by atomic mass is 9.98. The third-order valence-corrected chi connectivity index (χ3v) is 8.63. The molecule has 0 bridgehead atoms. The highest BCUT2D eigenvalue weighted by Crippen LogP contribution is 2.24. The van der Waals surface area contributed by atoms with Crippen LogP contribution < -0.4 is 10.1 Å². The van der Waals surface area contributed by atoms with E-state index in [9.17, 15) is 13.2 Å². The zero-order valence-electron chi connectivity index (χ0n) is 21.6. The minimum atomic E-state index is -3.68. The minimum absolute atomic E-state index is 0.201. The first-order valence-electron chi connectivity index (χ1n) is 12.4. The van der Waals surface area contributed by atoms with Crippen LogP contribution >= 0.6 is 0 Å². The number of carbonyl (C=O) groups excluding carboxylic acids is 1. The lowest BCUT2D eigenvalue weighted by Gasteiger charge is -2.32. The minimum Gasteiger partial charge on any atom is -0.496 e. The molecule has 3 rings (SSSR count). The van der Waals surface area contributed by atoms with Crippen molar-refractivity contribution in [3.8, 4) is 5.75 Å². The van der Waals surface area contributed by atoms with Crippen molar-refractivity contribution in [2.45, 2.75) is 45.2 Å². The van der Waals surface area contributed by atoms with Crippen LogP contribution in [-0.2, 0) is 10.2 Å². The quantitative estimate of drug-likeness (QED) is 0.409. The highest BCUT2D eigenvalue weighted by Gasteiger charge is 2.34. The fraction of sp³-hybridized carbons (Fsp3) is 0.444. The molecule has 0 saturated heterocycles. The molecule has 1 N–H and O–H groups in total. The Kier molecular flexibility index (Phi) is 9.78. The summed E-state index contributed by atoms with van der Waals surface area (Å²) in [6.45, 7) is 5.26. The average Bonchev–Trinajstić information content (AvgIpc) is 3.24. The summed E-state index contributed by atoms with van der Waals surface area (Å²) in [7, 11) is -0.282. The van der Waals surface area contributed by atoms with Crippen LogP contribution in [0.3, 0.4) is 0 Å². The van der Waals surface area contributed by atoms with Crippen molar-refractivity contribution in [2.75, 3.05) is 33.8 Å². The number of ether oxygens (including phenoxy) is 1. The Bertz CT molecular complexity index is 1120. The summed E-state index contributed by atoms with van der Waals surface area (Å²) < 4.78 is 35.4. The second-order valence-corrected chi connectivity index (χ2v) is 10.9. The Morgan fingerprint density at radius 2 is 1.75 bits per heavy atom. The average molecular weight is 515 g/mol. The van der Waals surface area contributed by atoms with Gasteiger partial charge in [-0.2, -0.15) is 12.7 Å². The van der Waals surface area contributed by atoms with Crippen molar-refractivity contribution in [3.63, 3.8) is 0 Å². The molecule has 0 radical (unpaired) electrons. The Morgan fingerprint density at radius 3 is 2.42 bits per heavy atom. The Balaban J connectivity index is 1.59. The van der Waals surface area contributed by atoms with Gasteiger partial charge in [-0.3, -0.25) is 4.79 Å². The largest absolute Gasteiger partial charge is 0.496 e. The number of nitrogens with one attached hydrogen (secondary N) is 1. The number of benzene rings is 2. The summed E-state index contributed by atoms with van der Waals surface area (Å²) >= 11 is 0. The molecule has 0 saturated carbocycles. The monoisotopic (exact) mass is 514 g/mol. The molecule has 9 heteroatoms. The number of hydrogen-bond donors (Lipinski definition) is 1. The first kappa shape index (κ1) is 27.5. The first-order chi connectivity index (χ1) is 17.3. The number of hydrogen-bond acceptors (Lipinski definition) is 5. The van der Waals surface area contributed by atoms with Crippen molar-refractivity contribution >= 4 is 16.1 Å². The van der Waals surface area contributed by atoms with Crippen LogP contribution in [0.25, 0.3) is 0 Å². The lowest BCUT2D eigenvalue weighted by Crippen LogP contribution is -2.47. The molecule has 0 fully saturated rings. The van der Waals surface area contributed by atoms with Crippen LogP contribution in [-0.4, -0.2) is 67.8 Å². The molecule has 1 heterocycles. The number of rotatable bonds is 13. The van der Waals surface area contributed by atoms with Crippen LogP contribution in [0.1, 0.15) is 54.9 Å². The van der Waals surface area contributed by atoms with E-state index in [1.165, 1.54) is 17.0 Å². The van der Waals surface area contributed by atoms with E-state index in [1.54, 1.807) is 34.9 Å². The normalized spacial score (nSPS) is 16.4. The van der Waals surface area contributed by atoms with Crippen LogP contribution in [0.4, 0.5) is 0 Å². The smallest absolute Gasteiger partial charge is 0.305 e. The van der Waals surface area contributed by atoms with Gasteiger partial charge in [0.15, 0.2) is 0 Å². The summed E-state index contributed by atoms with van der Waals surface area (Å²) in [5.41, 5.74) is 1.68. The Morgan fingerprint density at radius 1 is 1.06 bits per heavy atom. The molecule has 36 heavy (non-hydrogen) atoms. The van der Waals surface area contributed by atoms with Crippen molar-refractivity contribution < 1.29 is 17.9 Å². The molecular formula is C27H38N4O4S.